The smallest absolute Gasteiger partial charge is 0.410 e. The predicted octanol–water partition coefficient (Wildman–Crippen LogP) is 5.90. The molecule has 0 saturated carbocycles. The second kappa shape index (κ2) is 16.2. The van der Waals surface area contributed by atoms with Crippen LogP contribution >= 0.6 is 0 Å². The fourth-order valence-electron chi connectivity index (χ4n) is 6.72. The van der Waals surface area contributed by atoms with Gasteiger partial charge in [0.15, 0.2) is 0 Å². The van der Waals surface area contributed by atoms with Crippen LogP contribution in [0.3, 0.4) is 0 Å². The normalized spacial score (nSPS) is 15.7. The number of ketones is 1. The number of carbonyl (C=O) groups excluding carboxylic acids is 4. The minimum Gasteiger partial charge on any atom is -0.448 e. The van der Waals surface area contributed by atoms with Crippen molar-refractivity contribution in [2.75, 3.05) is 27.8 Å². The summed E-state index contributed by atoms with van der Waals surface area (Å²) in [4.78, 5) is 56.3. The Bertz CT molecular complexity index is 1330. The van der Waals surface area contributed by atoms with E-state index in [9.17, 15) is 19.2 Å². The molecule has 5 unspecified atom stereocenters. The molecule has 0 heterocycles. The maximum absolute atomic E-state index is 14.0. The molecule has 0 radical (unpaired) electrons. The summed E-state index contributed by atoms with van der Waals surface area (Å²) in [5.74, 6) is -1.28. The van der Waals surface area contributed by atoms with Gasteiger partial charge < -0.3 is 19.7 Å². The third kappa shape index (κ3) is 8.16. The predicted molar refractivity (Wildman–Crippen MR) is 180 cm³/mol. The Morgan fingerprint density at radius 2 is 1.39 bits per heavy atom. The lowest BCUT2D eigenvalue weighted by Gasteiger charge is -2.40. The molecule has 5 atom stereocenters. The van der Waals surface area contributed by atoms with Gasteiger partial charge in [-0.05, 0) is 46.9 Å². The van der Waals surface area contributed by atoms with Gasteiger partial charge in [-0.15, -0.1) is 0 Å². The van der Waals surface area contributed by atoms with Crippen molar-refractivity contribution in [2.45, 2.75) is 91.5 Å². The highest BCUT2D eigenvalue weighted by molar-refractivity contribution is 5.92. The van der Waals surface area contributed by atoms with Crippen molar-refractivity contribution < 1.29 is 28.7 Å². The SMILES string of the molecule is CCC(C)C(C(CC(C)=O)OC)N(C)C(=O)C(NC(=O)C(C(C)C)N(C)C(=O)OCC1c2ccccc2-c2ccccc21)C(C)C. The Morgan fingerprint density at radius 3 is 1.85 bits per heavy atom. The largest absolute Gasteiger partial charge is 0.448 e. The van der Waals surface area contributed by atoms with Crippen LogP contribution in [0.2, 0.25) is 0 Å². The minimum absolute atomic E-state index is 0.0224. The Kier molecular flexibility index (Phi) is 12.9. The molecule has 1 N–H and O–H groups in total. The average Bonchev–Trinajstić information content (AvgIpc) is 3.34. The lowest BCUT2D eigenvalue weighted by Crippen LogP contribution is -2.60. The second-order valence-electron chi connectivity index (χ2n) is 13.3. The number of rotatable bonds is 15. The van der Waals surface area contributed by atoms with Gasteiger partial charge in [0.25, 0.3) is 0 Å². The number of nitrogens with zero attached hydrogens (tertiary/aromatic N) is 2. The van der Waals surface area contributed by atoms with Crippen LogP contribution in [-0.2, 0) is 23.9 Å². The van der Waals surface area contributed by atoms with Gasteiger partial charge in [0, 0.05) is 33.5 Å². The summed E-state index contributed by atoms with van der Waals surface area (Å²) in [6.07, 6.45) is -0.126. The molecule has 46 heavy (non-hydrogen) atoms. The summed E-state index contributed by atoms with van der Waals surface area (Å²) in [6, 6.07) is 14.2. The Labute approximate surface area is 275 Å². The first-order valence-electron chi connectivity index (χ1n) is 16.4. The van der Waals surface area contributed by atoms with Crippen LogP contribution in [0, 0.1) is 17.8 Å². The molecule has 252 valence electrons. The Morgan fingerprint density at radius 1 is 0.848 bits per heavy atom. The van der Waals surface area contributed by atoms with Crippen molar-refractivity contribution in [1.82, 2.24) is 15.1 Å². The molecule has 9 heteroatoms. The van der Waals surface area contributed by atoms with Crippen LogP contribution in [0.25, 0.3) is 11.1 Å². The van der Waals surface area contributed by atoms with Crippen molar-refractivity contribution >= 4 is 23.7 Å². The van der Waals surface area contributed by atoms with E-state index in [1.807, 2.05) is 65.8 Å². The number of likely N-dealkylation sites (N-methyl/N-ethyl adjacent to an activating group) is 2. The van der Waals surface area contributed by atoms with Gasteiger partial charge >= 0.3 is 6.09 Å². The molecule has 1 aliphatic carbocycles. The van der Waals surface area contributed by atoms with Crippen LogP contribution in [0.4, 0.5) is 4.79 Å². The number of methoxy groups -OCH3 is 1. The number of amides is 3. The molecular formula is C37H53N3O6. The number of nitrogens with one attached hydrogen (secondary N) is 1. The zero-order chi connectivity index (χ0) is 34.3. The third-order valence-electron chi connectivity index (χ3n) is 9.37. The molecule has 0 bridgehead atoms. The molecule has 0 spiro atoms. The van der Waals surface area contributed by atoms with E-state index in [0.29, 0.717) is 0 Å². The highest BCUT2D eigenvalue weighted by Gasteiger charge is 2.39. The number of carbonyl (C=O) groups is 4. The van der Waals surface area contributed by atoms with Crippen LogP contribution in [-0.4, -0.2) is 85.5 Å². The van der Waals surface area contributed by atoms with Gasteiger partial charge in [0.2, 0.25) is 11.8 Å². The molecular weight excluding hydrogens is 582 g/mol. The Balaban J connectivity index is 1.76. The molecule has 0 fully saturated rings. The van der Waals surface area contributed by atoms with E-state index in [-0.39, 0.29) is 54.4 Å². The van der Waals surface area contributed by atoms with E-state index in [2.05, 4.69) is 29.6 Å². The summed E-state index contributed by atoms with van der Waals surface area (Å²) in [6.45, 7) is 13.2. The Hall–Kier alpha value is -3.72. The van der Waals surface area contributed by atoms with Crippen molar-refractivity contribution in [2.24, 2.45) is 17.8 Å². The number of hydrogen-bond donors (Lipinski definition) is 1. The lowest BCUT2D eigenvalue weighted by molar-refractivity contribution is -0.144. The molecule has 0 saturated heterocycles. The molecule has 3 amide bonds. The number of fused-ring (bicyclic) bond motifs is 3. The zero-order valence-electron chi connectivity index (χ0n) is 29.2. The van der Waals surface area contributed by atoms with Gasteiger partial charge in [-0.3, -0.25) is 19.3 Å². The molecule has 0 aromatic heterocycles. The molecule has 9 nitrogen and oxygen atoms in total. The van der Waals surface area contributed by atoms with Crippen molar-refractivity contribution in [3.05, 3.63) is 59.7 Å². The summed E-state index contributed by atoms with van der Waals surface area (Å²) < 4.78 is 11.6. The first-order valence-corrected chi connectivity index (χ1v) is 16.4. The second-order valence-corrected chi connectivity index (χ2v) is 13.3. The van der Waals surface area contributed by atoms with Crippen molar-refractivity contribution in [3.63, 3.8) is 0 Å². The first kappa shape index (κ1) is 36.7. The van der Waals surface area contributed by atoms with Crippen LogP contribution in [0.5, 0.6) is 0 Å². The first-order chi connectivity index (χ1) is 21.7. The highest BCUT2D eigenvalue weighted by Crippen LogP contribution is 2.44. The molecule has 1 aliphatic rings. The van der Waals surface area contributed by atoms with Gasteiger partial charge in [-0.25, -0.2) is 4.79 Å². The fraction of sp³-hybridized carbons (Fsp3) is 0.568. The number of ether oxygens (including phenoxy) is 2. The summed E-state index contributed by atoms with van der Waals surface area (Å²) >= 11 is 0. The van der Waals surface area contributed by atoms with Crippen LogP contribution in [0.1, 0.15) is 78.4 Å². The summed E-state index contributed by atoms with van der Waals surface area (Å²) in [7, 11) is 4.82. The van der Waals surface area contributed by atoms with E-state index in [0.717, 1.165) is 28.7 Å². The van der Waals surface area contributed by atoms with Gasteiger partial charge in [-0.1, -0.05) is 96.5 Å². The number of benzene rings is 2. The molecule has 0 aliphatic heterocycles. The highest BCUT2D eigenvalue weighted by atomic mass is 16.6. The lowest BCUT2D eigenvalue weighted by atomic mass is 9.89. The van der Waals surface area contributed by atoms with E-state index in [1.165, 1.54) is 11.8 Å². The molecule has 2 aromatic carbocycles. The monoisotopic (exact) mass is 635 g/mol. The van der Waals surface area contributed by atoms with Crippen LogP contribution < -0.4 is 5.32 Å². The molecule has 2 aromatic rings. The standard InChI is InChI=1S/C37H53N3O6/c1-11-24(6)34(31(45-10)20-25(7)41)39(8)36(43)32(22(2)3)38-35(42)33(23(4)5)40(9)37(44)46-21-30-28-18-14-12-16-26(28)27-17-13-15-19-29(27)30/h12-19,22-24,30-34H,11,20-21H2,1-10H3,(H,38,42). The summed E-state index contributed by atoms with van der Waals surface area (Å²) in [5.41, 5.74) is 4.48. The van der Waals surface area contributed by atoms with Crippen molar-refractivity contribution in [3.8, 4) is 11.1 Å². The zero-order valence-corrected chi connectivity index (χ0v) is 29.2. The summed E-state index contributed by atoms with van der Waals surface area (Å²) in [5, 5.41) is 2.96. The quantitative estimate of drug-likeness (QED) is 0.261. The number of Topliss-reactive ketones (excluding diaryl/α,β-unsaturated/α-hetero) is 1. The average molecular weight is 636 g/mol. The maximum atomic E-state index is 14.0. The topological polar surface area (TPSA) is 105 Å². The van der Waals surface area contributed by atoms with E-state index >= 15 is 0 Å². The van der Waals surface area contributed by atoms with E-state index in [4.69, 9.17) is 9.47 Å². The van der Waals surface area contributed by atoms with Gasteiger partial charge in [0.05, 0.1) is 12.1 Å². The minimum atomic E-state index is -0.871. The molecule has 3 rings (SSSR count). The van der Waals surface area contributed by atoms with Crippen molar-refractivity contribution in [1.29, 1.82) is 0 Å². The third-order valence-corrected chi connectivity index (χ3v) is 9.37. The van der Waals surface area contributed by atoms with Gasteiger partial charge in [0.1, 0.15) is 24.5 Å². The maximum Gasteiger partial charge on any atom is 0.410 e. The van der Waals surface area contributed by atoms with E-state index < -0.39 is 30.2 Å². The fourth-order valence-corrected chi connectivity index (χ4v) is 6.72. The van der Waals surface area contributed by atoms with Crippen LogP contribution in [0.15, 0.2) is 48.5 Å². The van der Waals surface area contributed by atoms with Gasteiger partial charge in [-0.2, -0.15) is 0 Å². The van der Waals surface area contributed by atoms with E-state index in [1.54, 1.807) is 26.1 Å². The number of hydrogen-bond acceptors (Lipinski definition) is 6.